The Hall–Kier alpha value is -0.570. The first kappa shape index (κ1) is 8.05. The minimum Gasteiger partial charge on any atom is -0.468 e. The summed E-state index contributed by atoms with van der Waals surface area (Å²) in [7, 11) is 1.46. The molecule has 2 aliphatic rings. The number of ether oxygens (including phenoxy) is 1. The summed E-state index contributed by atoms with van der Waals surface area (Å²) in [6.07, 6.45) is 4.55. The topological polar surface area (TPSA) is 38.3 Å². The van der Waals surface area contributed by atoms with Gasteiger partial charge in [-0.25, -0.2) is 0 Å². The molecule has 0 aliphatic heterocycles. The van der Waals surface area contributed by atoms with Gasteiger partial charge in [0.2, 0.25) is 0 Å². The van der Waals surface area contributed by atoms with E-state index in [1.54, 1.807) is 0 Å². The van der Waals surface area contributed by atoms with Crippen molar-refractivity contribution in [2.24, 2.45) is 5.92 Å². The van der Waals surface area contributed by atoms with Gasteiger partial charge in [-0.3, -0.25) is 4.79 Å². The van der Waals surface area contributed by atoms with E-state index in [4.69, 9.17) is 4.74 Å². The SMILES string of the molecule is COC(=O)C1(NCC2CC2)CC1. The van der Waals surface area contributed by atoms with Crippen molar-refractivity contribution in [1.29, 1.82) is 0 Å². The summed E-state index contributed by atoms with van der Waals surface area (Å²) >= 11 is 0. The molecule has 0 aromatic rings. The Labute approximate surface area is 72.5 Å². The van der Waals surface area contributed by atoms with Crippen LogP contribution in [0.3, 0.4) is 0 Å². The van der Waals surface area contributed by atoms with Gasteiger partial charge in [0, 0.05) is 0 Å². The van der Waals surface area contributed by atoms with E-state index in [1.165, 1.54) is 20.0 Å². The van der Waals surface area contributed by atoms with Crippen LogP contribution in [-0.4, -0.2) is 25.2 Å². The number of esters is 1. The van der Waals surface area contributed by atoms with Crippen LogP contribution in [0.25, 0.3) is 0 Å². The maximum atomic E-state index is 11.2. The van der Waals surface area contributed by atoms with E-state index in [2.05, 4.69) is 5.32 Å². The number of carbonyl (C=O) groups is 1. The molecule has 0 bridgehead atoms. The zero-order chi connectivity index (χ0) is 8.60. The van der Waals surface area contributed by atoms with Crippen molar-refractivity contribution in [2.45, 2.75) is 31.2 Å². The lowest BCUT2D eigenvalue weighted by atomic mass is 10.2. The third kappa shape index (κ3) is 1.46. The van der Waals surface area contributed by atoms with Crippen LogP contribution in [0.15, 0.2) is 0 Å². The van der Waals surface area contributed by atoms with Crippen molar-refractivity contribution in [3.8, 4) is 0 Å². The fourth-order valence-electron chi connectivity index (χ4n) is 1.44. The highest BCUT2D eigenvalue weighted by Gasteiger charge is 2.51. The van der Waals surface area contributed by atoms with Gasteiger partial charge in [0.1, 0.15) is 5.54 Å². The van der Waals surface area contributed by atoms with E-state index in [9.17, 15) is 4.79 Å². The zero-order valence-corrected chi connectivity index (χ0v) is 7.43. The van der Waals surface area contributed by atoms with Gasteiger partial charge in [0.05, 0.1) is 7.11 Å². The highest BCUT2D eigenvalue weighted by Crippen LogP contribution is 2.38. The van der Waals surface area contributed by atoms with E-state index in [0.717, 1.165) is 25.3 Å². The molecule has 2 rings (SSSR count). The molecule has 0 unspecified atom stereocenters. The van der Waals surface area contributed by atoms with Gasteiger partial charge >= 0.3 is 5.97 Å². The molecule has 68 valence electrons. The Balaban J connectivity index is 1.79. The number of hydrogen-bond donors (Lipinski definition) is 1. The van der Waals surface area contributed by atoms with Gasteiger partial charge in [-0.2, -0.15) is 0 Å². The van der Waals surface area contributed by atoms with E-state index in [0.29, 0.717) is 0 Å². The molecular weight excluding hydrogens is 154 g/mol. The first-order valence-electron chi connectivity index (χ1n) is 4.60. The fraction of sp³-hybridized carbons (Fsp3) is 0.889. The van der Waals surface area contributed by atoms with Crippen molar-refractivity contribution >= 4 is 5.97 Å². The lowest BCUT2D eigenvalue weighted by molar-refractivity contribution is -0.144. The van der Waals surface area contributed by atoms with Crippen molar-refractivity contribution in [2.75, 3.05) is 13.7 Å². The van der Waals surface area contributed by atoms with Crippen molar-refractivity contribution in [3.63, 3.8) is 0 Å². The molecule has 0 saturated heterocycles. The predicted octanol–water partition coefficient (Wildman–Crippen LogP) is 0.692. The average molecular weight is 169 g/mol. The van der Waals surface area contributed by atoms with Crippen LogP contribution in [-0.2, 0) is 9.53 Å². The lowest BCUT2D eigenvalue weighted by Crippen LogP contribution is -2.41. The van der Waals surface area contributed by atoms with Crippen LogP contribution >= 0.6 is 0 Å². The summed E-state index contributed by atoms with van der Waals surface area (Å²) < 4.78 is 4.73. The number of carbonyl (C=O) groups excluding carboxylic acids is 1. The Morgan fingerprint density at radius 1 is 1.58 bits per heavy atom. The summed E-state index contributed by atoms with van der Waals surface area (Å²) in [5.74, 6) is 0.746. The monoisotopic (exact) mass is 169 g/mol. The second kappa shape index (κ2) is 2.73. The molecule has 0 amide bonds. The molecule has 0 aromatic heterocycles. The molecule has 0 aromatic carbocycles. The molecule has 1 N–H and O–H groups in total. The maximum Gasteiger partial charge on any atom is 0.326 e. The van der Waals surface area contributed by atoms with Crippen LogP contribution in [0.2, 0.25) is 0 Å². The standard InChI is InChI=1S/C9H15NO2/c1-12-8(11)9(4-5-9)10-6-7-2-3-7/h7,10H,2-6H2,1H3. The van der Waals surface area contributed by atoms with Crippen LogP contribution in [0.1, 0.15) is 25.7 Å². The molecule has 0 heterocycles. The minimum atomic E-state index is -0.280. The normalized spacial score (nSPS) is 25.1. The van der Waals surface area contributed by atoms with E-state index < -0.39 is 0 Å². The number of nitrogens with one attached hydrogen (secondary N) is 1. The van der Waals surface area contributed by atoms with Gasteiger partial charge in [0.25, 0.3) is 0 Å². The highest BCUT2D eigenvalue weighted by atomic mass is 16.5. The maximum absolute atomic E-state index is 11.2. The number of hydrogen-bond acceptors (Lipinski definition) is 3. The highest BCUT2D eigenvalue weighted by molar-refractivity contribution is 5.84. The molecular formula is C9H15NO2. The molecule has 2 saturated carbocycles. The second-order valence-corrected chi connectivity index (χ2v) is 3.90. The van der Waals surface area contributed by atoms with E-state index in [-0.39, 0.29) is 11.5 Å². The second-order valence-electron chi connectivity index (χ2n) is 3.90. The fourth-order valence-corrected chi connectivity index (χ4v) is 1.44. The summed E-state index contributed by atoms with van der Waals surface area (Å²) in [6, 6.07) is 0. The predicted molar refractivity (Wildman–Crippen MR) is 44.7 cm³/mol. The summed E-state index contributed by atoms with van der Waals surface area (Å²) in [5.41, 5.74) is -0.280. The smallest absolute Gasteiger partial charge is 0.326 e. The van der Waals surface area contributed by atoms with Gasteiger partial charge < -0.3 is 10.1 Å². The van der Waals surface area contributed by atoms with Crippen molar-refractivity contribution < 1.29 is 9.53 Å². The van der Waals surface area contributed by atoms with Gasteiger partial charge in [-0.05, 0) is 38.1 Å². The number of methoxy groups -OCH3 is 1. The van der Waals surface area contributed by atoms with Crippen LogP contribution < -0.4 is 5.32 Å². The lowest BCUT2D eigenvalue weighted by Gasteiger charge is -2.13. The first-order chi connectivity index (χ1) is 5.77. The quantitative estimate of drug-likeness (QED) is 0.629. The third-order valence-corrected chi connectivity index (χ3v) is 2.75. The Kier molecular flexibility index (Phi) is 1.83. The van der Waals surface area contributed by atoms with Crippen LogP contribution in [0.5, 0.6) is 0 Å². The Bertz CT molecular complexity index is 195. The van der Waals surface area contributed by atoms with E-state index in [1.807, 2.05) is 0 Å². The molecule has 2 fully saturated rings. The largest absolute Gasteiger partial charge is 0.468 e. The molecule has 12 heavy (non-hydrogen) atoms. The minimum absolute atomic E-state index is 0.0804. The van der Waals surface area contributed by atoms with E-state index >= 15 is 0 Å². The van der Waals surface area contributed by atoms with Gasteiger partial charge in [0.15, 0.2) is 0 Å². The molecule has 2 aliphatic carbocycles. The van der Waals surface area contributed by atoms with Gasteiger partial charge in [-0.1, -0.05) is 0 Å². The third-order valence-electron chi connectivity index (χ3n) is 2.75. The molecule has 3 nitrogen and oxygen atoms in total. The van der Waals surface area contributed by atoms with Crippen molar-refractivity contribution in [1.82, 2.24) is 5.32 Å². The molecule has 0 radical (unpaired) electrons. The van der Waals surface area contributed by atoms with Crippen LogP contribution in [0.4, 0.5) is 0 Å². The number of rotatable bonds is 4. The molecule has 3 heteroatoms. The Morgan fingerprint density at radius 3 is 2.67 bits per heavy atom. The summed E-state index contributed by atoms with van der Waals surface area (Å²) in [5, 5.41) is 3.31. The van der Waals surface area contributed by atoms with Crippen LogP contribution in [0, 0.1) is 5.92 Å². The summed E-state index contributed by atoms with van der Waals surface area (Å²) in [4.78, 5) is 11.2. The average Bonchev–Trinajstić information content (AvgIpc) is 2.93. The van der Waals surface area contributed by atoms with Crippen molar-refractivity contribution in [3.05, 3.63) is 0 Å². The first-order valence-corrected chi connectivity index (χ1v) is 4.60. The Morgan fingerprint density at radius 2 is 2.25 bits per heavy atom. The summed E-state index contributed by atoms with van der Waals surface area (Å²) in [6.45, 7) is 0.995. The molecule has 0 atom stereocenters. The molecule has 0 spiro atoms. The zero-order valence-electron chi connectivity index (χ0n) is 7.43. The van der Waals surface area contributed by atoms with Gasteiger partial charge in [-0.15, -0.1) is 0 Å².